The molecule has 17 heavy (non-hydrogen) atoms. The van der Waals surface area contributed by atoms with Gasteiger partial charge in [0.05, 0.1) is 0 Å². The van der Waals surface area contributed by atoms with Crippen molar-refractivity contribution < 1.29 is 9.90 Å². The van der Waals surface area contributed by atoms with Crippen molar-refractivity contribution in [1.29, 1.82) is 0 Å². The lowest BCUT2D eigenvalue weighted by molar-refractivity contribution is 0.0715. The van der Waals surface area contributed by atoms with Gasteiger partial charge < -0.3 is 10.0 Å². The van der Waals surface area contributed by atoms with Crippen LogP contribution in [0.3, 0.4) is 0 Å². The smallest absolute Gasteiger partial charge is 0.254 e. The predicted molar refractivity (Wildman–Crippen MR) is 70.7 cm³/mol. The summed E-state index contributed by atoms with van der Waals surface area (Å²) in [5, 5.41) is 9.64. The van der Waals surface area contributed by atoms with Gasteiger partial charge in [0, 0.05) is 35.2 Å². The van der Waals surface area contributed by atoms with E-state index in [-0.39, 0.29) is 17.7 Å². The lowest BCUT2D eigenvalue weighted by Crippen LogP contribution is -2.44. The van der Waals surface area contributed by atoms with E-state index in [0.29, 0.717) is 11.1 Å². The van der Waals surface area contributed by atoms with Gasteiger partial charge in [0.25, 0.3) is 5.91 Å². The molecule has 1 aromatic carbocycles. The van der Waals surface area contributed by atoms with Crippen LogP contribution in [-0.4, -0.2) is 40.0 Å². The Morgan fingerprint density at radius 2 is 2.29 bits per heavy atom. The lowest BCUT2D eigenvalue weighted by atomic mass is 10.1. The molecule has 1 aromatic rings. The molecule has 3 nitrogen and oxygen atoms in total. The molecule has 1 saturated heterocycles. The molecule has 92 valence electrons. The first-order valence-corrected chi connectivity index (χ1v) is 6.94. The van der Waals surface area contributed by atoms with Gasteiger partial charge in [-0.05, 0) is 26.0 Å². The maximum atomic E-state index is 12.4. The van der Waals surface area contributed by atoms with Crippen molar-refractivity contribution >= 4 is 17.7 Å². The van der Waals surface area contributed by atoms with Crippen molar-refractivity contribution in [2.75, 3.05) is 18.1 Å². The highest BCUT2D eigenvalue weighted by Gasteiger charge is 2.25. The number of phenols is 1. The van der Waals surface area contributed by atoms with Crippen molar-refractivity contribution in [3.05, 3.63) is 29.3 Å². The number of hydrogen-bond acceptors (Lipinski definition) is 3. The largest absolute Gasteiger partial charge is 0.508 e. The highest BCUT2D eigenvalue weighted by molar-refractivity contribution is 7.99. The van der Waals surface area contributed by atoms with E-state index < -0.39 is 0 Å². The Hall–Kier alpha value is -1.16. The van der Waals surface area contributed by atoms with Crippen LogP contribution in [0.15, 0.2) is 18.2 Å². The Morgan fingerprint density at radius 3 is 3.00 bits per heavy atom. The van der Waals surface area contributed by atoms with Crippen LogP contribution in [0.25, 0.3) is 0 Å². The number of carbonyl (C=O) groups is 1. The summed E-state index contributed by atoms with van der Waals surface area (Å²) >= 11 is 1.88. The molecule has 0 radical (unpaired) electrons. The number of thioether (sulfide) groups is 1. The standard InChI is InChI=1S/C13H17NO2S/c1-9-8-17-7-6-14(9)13(16)11-4-3-5-12(15)10(11)2/h3-5,9,15H,6-8H2,1-2H3. The van der Waals surface area contributed by atoms with Gasteiger partial charge in [0.1, 0.15) is 5.75 Å². The molecule has 0 aromatic heterocycles. The number of hydrogen-bond donors (Lipinski definition) is 1. The molecule has 0 aliphatic carbocycles. The predicted octanol–water partition coefficient (Wildman–Crippen LogP) is 2.28. The highest BCUT2D eigenvalue weighted by Crippen LogP contribution is 2.24. The zero-order chi connectivity index (χ0) is 12.4. The molecule has 1 fully saturated rings. The molecule has 0 saturated carbocycles. The van der Waals surface area contributed by atoms with Crippen LogP contribution in [0, 0.1) is 6.92 Å². The summed E-state index contributed by atoms with van der Waals surface area (Å²) < 4.78 is 0. The molecule has 0 bridgehead atoms. The van der Waals surface area contributed by atoms with Crippen LogP contribution >= 0.6 is 11.8 Å². The number of amides is 1. The van der Waals surface area contributed by atoms with Gasteiger partial charge in [0.2, 0.25) is 0 Å². The topological polar surface area (TPSA) is 40.5 Å². The minimum absolute atomic E-state index is 0.0335. The van der Waals surface area contributed by atoms with Crippen LogP contribution in [0.1, 0.15) is 22.8 Å². The summed E-state index contributed by atoms with van der Waals surface area (Å²) in [7, 11) is 0. The van der Waals surface area contributed by atoms with Crippen molar-refractivity contribution in [2.24, 2.45) is 0 Å². The number of carbonyl (C=O) groups excluding carboxylic acids is 1. The number of rotatable bonds is 1. The Labute approximate surface area is 106 Å². The van der Waals surface area contributed by atoms with Crippen LogP contribution in [0.4, 0.5) is 0 Å². The Balaban J connectivity index is 2.27. The monoisotopic (exact) mass is 251 g/mol. The summed E-state index contributed by atoms with van der Waals surface area (Å²) in [5.41, 5.74) is 1.28. The second-order valence-corrected chi connectivity index (χ2v) is 5.52. The van der Waals surface area contributed by atoms with E-state index in [1.165, 1.54) is 0 Å². The van der Waals surface area contributed by atoms with Gasteiger partial charge in [-0.3, -0.25) is 4.79 Å². The SMILES string of the molecule is Cc1c(O)cccc1C(=O)N1CCSCC1C. The number of nitrogens with zero attached hydrogens (tertiary/aromatic N) is 1. The van der Waals surface area contributed by atoms with Gasteiger partial charge in [0.15, 0.2) is 0 Å². The van der Waals surface area contributed by atoms with E-state index in [9.17, 15) is 9.90 Å². The fourth-order valence-corrected chi connectivity index (χ4v) is 3.05. The Bertz CT molecular complexity index is 433. The van der Waals surface area contributed by atoms with Crippen molar-refractivity contribution in [3.8, 4) is 5.75 Å². The molecular formula is C13H17NO2S. The molecule has 1 amide bonds. The van der Waals surface area contributed by atoms with E-state index in [1.807, 2.05) is 16.7 Å². The third kappa shape index (κ3) is 2.41. The first-order chi connectivity index (χ1) is 8.11. The fourth-order valence-electron chi connectivity index (χ4n) is 2.04. The van der Waals surface area contributed by atoms with Gasteiger partial charge >= 0.3 is 0 Å². The number of benzene rings is 1. The van der Waals surface area contributed by atoms with Gasteiger partial charge in [-0.2, -0.15) is 11.8 Å². The fraction of sp³-hybridized carbons (Fsp3) is 0.462. The van der Waals surface area contributed by atoms with E-state index in [1.54, 1.807) is 25.1 Å². The minimum atomic E-state index is 0.0335. The molecule has 1 N–H and O–H groups in total. The van der Waals surface area contributed by atoms with Crippen LogP contribution in [0.2, 0.25) is 0 Å². The van der Waals surface area contributed by atoms with E-state index in [2.05, 4.69) is 6.92 Å². The average Bonchev–Trinajstić information content (AvgIpc) is 2.32. The summed E-state index contributed by atoms with van der Waals surface area (Å²) in [5.74, 6) is 2.21. The first kappa shape index (κ1) is 12.3. The molecule has 1 heterocycles. The molecule has 1 atom stereocenters. The maximum absolute atomic E-state index is 12.4. The Kier molecular flexibility index (Phi) is 3.62. The van der Waals surface area contributed by atoms with E-state index in [4.69, 9.17) is 0 Å². The van der Waals surface area contributed by atoms with Gasteiger partial charge in [-0.25, -0.2) is 0 Å². The third-order valence-electron chi connectivity index (χ3n) is 3.16. The second-order valence-electron chi connectivity index (χ2n) is 4.37. The first-order valence-electron chi connectivity index (χ1n) is 5.78. The molecule has 2 rings (SSSR count). The summed E-state index contributed by atoms with van der Waals surface area (Å²) in [6.45, 7) is 4.65. The zero-order valence-electron chi connectivity index (χ0n) is 10.1. The number of phenolic OH excluding ortho intramolecular Hbond substituents is 1. The summed E-state index contributed by atoms with van der Waals surface area (Å²) in [4.78, 5) is 14.3. The maximum Gasteiger partial charge on any atom is 0.254 e. The summed E-state index contributed by atoms with van der Waals surface area (Å²) in [6.07, 6.45) is 0. The van der Waals surface area contributed by atoms with Crippen molar-refractivity contribution in [2.45, 2.75) is 19.9 Å². The van der Waals surface area contributed by atoms with Crippen molar-refractivity contribution in [1.82, 2.24) is 4.90 Å². The molecule has 1 unspecified atom stereocenters. The normalized spacial score (nSPS) is 20.4. The summed E-state index contributed by atoms with van der Waals surface area (Å²) in [6, 6.07) is 5.38. The molecule has 1 aliphatic rings. The van der Waals surface area contributed by atoms with Crippen LogP contribution < -0.4 is 0 Å². The van der Waals surface area contributed by atoms with Crippen LogP contribution in [0.5, 0.6) is 5.75 Å². The van der Waals surface area contributed by atoms with Gasteiger partial charge in [-0.15, -0.1) is 0 Å². The zero-order valence-corrected chi connectivity index (χ0v) is 11.0. The van der Waals surface area contributed by atoms with E-state index in [0.717, 1.165) is 18.1 Å². The molecule has 0 spiro atoms. The number of aromatic hydroxyl groups is 1. The van der Waals surface area contributed by atoms with E-state index >= 15 is 0 Å². The minimum Gasteiger partial charge on any atom is -0.508 e. The second kappa shape index (κ2) is 5.00. The average molecular weight is 251 g/mol. The molecule has 1 aliphatic heterocycles. The highest BCUT2D eigenvalue weighted by atomic mass is 32.2. The molecule has 4 heteroatoms. The third-order valence-corrected chi connectivity index (χ3v) is 4.35. The Morgan fingerprint density at radius 1 is 1.53 bits per heavy atom. The molecular weight excluding hydrogens is 234 g/mol. The van der Waals surface area contributed by atoms with Gasteiger partial charge in [-0.1, -0.05) is 6.07 Å². The lowest BCUT2D eigenvalue weighted by Gasteiger charge is -2.33. The quantitative estimate of drug-likeness (QED) is 0.832. The van der Waals surface area contributed by atoms with Crippen LogP contribution in [-0.2, 0) is 0 Å². The van der Waals surface area contributed by atoms with Crippen molar-refractivity contribution in [3.63, 3.8) is 0 Å².